The smallest absolute Gasteiger partial charge is 0.286 e. The maximum absolute atomic E-state index is 12.9. The highest BCUT2D eigenvalue weighted by atomic mass is 35.7. The van der Waals surface area contributed by atoms with E-state index in [4.69, 9.17) is 14.6 Å². The number of nitrogens with zero attached hydrogens (tertiary/aromatic N) is 4. The van der Waals surface area contributed by atoms with Gasteiger partial charge in [0.25, 0.3) is 20.0 Å². The lowest BCUT2D eigenvalue weighted by Crippen LogP contribution is -2.30. The van der Waals surface area contributed by atoms with Crippen molar-refractivity contribution in [2.75, 3.05) is 23.1 Å². The highest BCUT2D eigenvalue weighted by molar-refractivity contribution is 8.13. The largest absolute Gasteiger partial charge is 0.448 e. The monoisotopic (exact) mass is 1070 g/mol. The number of hydrogen-bond donors (Lipinski definition) is 4. The van der Waals surface area contributed by atoms with E-state index < -0.39 is 56.7 Å². The first-order valence-corrected chi connectivity index (χ1v) is 29.0. The van der Waals surface area contributed by atoms with Crippen LogP contribution in [0.2, 0.25) is 0 Å². The zero-order valence-electron chi connectivity index (χ0n) is 38.5. The van der Waals surface area contributed by atoms with E-state index in [2.05, 4.69) is 44.8 Å². The molecular weight excluding hydrogens is 1020 g/mol. The van der Waals surface area contributed by atoms with Crippen molar-refractivity contribution >= 4 is 84.4 Å². The van der Waals surface area contributed by atoms with Gasteiger partial charge in [-0.25, -0.2) is 31.5 Å². The van der Waals surface area contributed by atoms with E-state index in [1.54, 1.807) is 38.2 Å². The lowest BCUT2D eigenvalue weighted by molar-refractivity contribution is -0.113. The fraction of sp³-hybridized carbons (Fsp3) is 0.261. The van der Waals surface area contributed by atoms with Crippen LogP contribution < -0.4 is 21.1 Å². The van der Waals surface area contributed by atoms with Crippen LogP contribution >= 0.6 is 10.7 Å². The van der Waals surface area contributed by atoms with E-state index >= 15 is 0 Å². The Kier molecular flexibility index (Phi) is 17.3. The minimum atomic E-state index is -4.17. The molecule has 4 heterocycles. The Balaban J connectivity index is 0.000000213. The Morgan fingerprint density at radius 1 is 0.648 bits per heavy atom. The van der Waals surface area contributed by atoms with Gasteiger partial charge in [-0.05, 0) is 73.2 Å². The van der Waals surface area contributed by atoms with Gasteiger partial charge in [0.15, 0.2) is 23.2 Å². The van der Waals surface area contributed by atoms with Gasteiger partial charge in [-0.3, -0.25) is 9.59 Å². The topological polar surface area (TPSA) is 310 Å². The van der Waals surface area contributed by atoms with E-state index in [-0.39, 0.29) is 57.9 Å². The summed E-state index contributed by atoms with van der Waals surface area (Å²) in [5.41, 5.74) is 9.36. The molecule has 2 aliphatic rings. The highest BCUT2D eigenvalue weighted by Crippen LogP contribution is 2.34. The zero-order chi connectivity index (χ0) is 51.7. The summed E-state index contributed by atoms with van der Waals surface area (Å²) in [6.45, 7) is 3.36. The van der Waals surface area contributed by atoms with Crippen LogP contribution in [0.1, 0.15) is 97.5 Å². The molecule has 2 aliphatic heterocycles. The molecule has 20 nitrogen and oxygen atoms in total. The van der Waals surface area contributed by atoms with Gasteiger partial charge in [-0.15, -0.1) is 8.80 Å². The number of anilines is 2. The molecule has 5 N–H and O–H groups in total. The lowest BCUT2D eigenvalue weighted by Gasteiger charge is -2.20. The van der Waals surface area contributed by atoms with Gasteiger partial charge < -0.3 is 25.2 Å². The number of oxazole rings is 2. The summed E-state index contributed by atoms with van der Waals surface area (Å²) in [7, 11) is -10.4. The Hall–Kier alpha value is -6.41. The number of nitrogens with one attached hydrogen (secondary N) is 3. The summed E-state index contributed by atoms with van der Waals surface area (Å²) in [5, 5.41) is 5.67. The first-order chi connectivity index (χ1) is 33.4. The molecule has 0 saturated carbocycles. The highest BCUT2D eigenvalue weighted by Gasteiger charge is 2.32. The molecule has 4 unspecified atom stereocenters. The van der Waals surface area contributed by atoms with Gasteiger partial charge in [-0.1, -0.05) is 72.8 Å². The van der Waals surface area contributed by atoms with Crippen molar-refractivity contribution in [2.45, 2.75) is 73.2 Å². The van der Waals surface area contributed by atoms with Gasteiger partial charge in [0.2, 0.25) is 30.9 Å². The number of aromatic nitrogens is 2. The molecule has 376 valence electrons. The standard InChI is InChI=1S/C23H24N4O6S2.C22H22N4O4S.CH3ClO2S/c1-15(26-34(2,29)30)17-8-10-19-21(14-17)35(31,32)27-22(25-19)20(28)11-9-18(23-24-12-13-33-23)16-6-4-3-5-7-16;1-14(23)16-7-9-18-20(13-16)31(28,29)26-21(25-18)19(27)10-8-17(22-24-11-12-30-22)15-5-3-2-4-6-15;1-5(2,3)4/h3-8,10,12-15,18,26H,9,11H2,1-2H3,(H,25,27);2-7,9,11-14,17H,8,10,23H2,1H3,(H,25,26);1H3. The third-order valence-electron chi connectivity index (χ3n) is 10.7. The number of nitrogens with two attached hydrogens (primary N) is 1. The summed E-state index contributed by atoms with van der Waals surface area (Å²) < 4.78 is 114. The molecule has 0 fully saturated rings. The maximum atomic E-state index is 12.9. The second kappa shape index (κ2) is 22.8. The number of benzene rings is 4. The molecule has 6 aromatic rings. The SMILES string of the molecule is CC(N)c1ccc2c(c1)S(=O)(=O)N=C(C(=O)CCC(c1ccccc1)c1ncco1)N2.CC(NS(C)(=O)=O)c1ccc2c(c1)S(=O)(=O)N=C(C(=O)CCC(c1ccccc1)c1ncco1)N2.CS(=O)(=O)Cl. The van der Waals surface area contributed by atoms with Gasteiger partial charge in [0.05, 0.1) is 48.1 Å². The molecule has 0 saturated heterocycles. The summed E-state index contributed by atoms with van der Waals surface area (Å²) in [5.74, 6) is -0.895. The van der Waals surface area contributed by atoms with Crippen molar-refractivity contribution in [3.8, 4) is 0 Å². The Morgan fingerprint density at radius 2 is 1.04 bits per heavy atom. The second-order valence-electron chi connectivity index (χ2n) is 16.3. The summed E-state index contributed by atoms with van der Waals surface area (Å²) in [6.07, 6.45) is 8.78. The van der Waals surface area contributed by atoms with Crippen LogP contribution in [0.5, 0.6) is 0 Å². The van der Waals surface area contributed by atoms with Crippen molar-refractivity contribution in [3.63, 3.8) is 0 Å². The molecule has 0 amide bonds. The van der Waals surface area contributed by atoms with E-state index in [0.29, 0.717) is 41.4 Å². The van der Waals surface area contributed by atoms with Gasteiger partial charge in [0, 0.05) is 35.6 Å². The Morgan fingerprint density at radius 3 is 1.41 bits per heavy atom. The van der Waals surface area contributed by atoms with Crippen LogP contribution in [-0.4, -0.2) is 79.4 Å². The number of amidine groups is 2. The molecule has 0 aliphatic carbocycles. The van der Waals surface area contributed by atoms with E-state index in [1.807, 2.05) is 60.7 Å². The number of halogens is 1. The number of ketones is 2. The third-order valence-corrected chi connectivity index (χ3v) is 14.1. The number of rotatable bonds is 16. The molecule has 0 bridgehead atoms. The van der Waals surface area contributed by atoms with Crippen molar-refractivity contribution in [1.29, 1.82) is 0 Å². The molecular formula is C46H49ClN8O12S4. The number of carbonyl (C=O) groups excluding carboxylic acids is 2. The summed E-state index contributed by atoms with van der Waals surface area (Å²) >= 11 is 0. The molecule has 25 heteroatoms. The average Bonchev–Trinajstić information content (AvgIpc) is 4.05. The average molecular weight is 1070 g/mol. The van der Waals surface area contributed by atoms with Crippen LogP contribution in [0.25, 0.3) is 0 Å². The quantitative estimate of drug-likeness (QED) is 0.0747. The van der Waals surface area contributed by atoms with Gasteiger partial charge >= 0.3 is 0 Å². The number of carbonyl (C=O) groups is 2. The molecule has 71 heavy (non-hydrogen) atoms. The summed E-state index contributed by atoms with van der Waals surface area (Å²) in [4.78, 5) is 34.1. The molecule has 4 aromatic carbocycles. The molecule has 0 spiro atoms. The first-order valence-electron chi connectivity index (χ1n) is 21.5. The van der Waals surface area contributed by atoms with Crippen LogP contribution in [0.3, 0.4) is 0 Å². The van der Waals surface area contributed by atoms with Gasteiger partial charge in [-0.2, -0.15) is 16.8 Å². The molecule has 0 radical (unpaired) electrons. The lowest BCUT2D eigenvalue weighted by atomic mass is 9.93. The number of Topliss-reactive ketones (excluding diaryl/α,β-unsaturated/α-hetero) is 2. The molecule has 8 rings (SSSR count). The Labute approximate surface area is 415 Å². The van der Waals surface area contributed by atoms with Crippen LogP contribution in [0.15, 0.2) is 149 Å². The Bertz CT molecular complexity index is 3370. The third kappa shape index (κ3) is 15.1. The van der Waals surface area contributed by atoms with Gasteiger partial charge in [0.1, 0.15) is 22.3 Å². The van der Waals surface area contributed by atoms with Crippen molar-refractivity contribution in [3.05, 3.63) is 156 Å². The zero-order valence-corrected chi connectivity index (χ0v) is 42.5. The van der Waals surface area contributed by atoms with Crippen LogP contribution in [0, 0.1) is 0 Å². The maximum Gasteiger partial charge on any atom is 0.286 e. The number of sulfonamides is 3. The fourth-order valence-corrected chi connectivity index (χ4v) is 10.5. The fourth-order valence-electron chi connectivity index (χ4n) is 7.37. The van der Waals surface area contributed by atoms with Crippen LogP contribution in [-0.2, 0) is 48.7 Å². The minimum absolute atomic E-state index is 0.00598. The van der Waals surface area contributed by atoms with Crippen molar-refractivity contribution in [1.82, 2.24) is 14.7 Å². The normalized spacial score (nSPS) is 16.1. The van der Waals surface area contributed by atoms with Crippen molar-refractivity contribution in [2.24, 2.45) is 14.5 Å². The van der Waals surface area contributed by atoms with Crippen LogP contribution in [0.4, 0.5) is 11.4 Å². The van der Waals surface area contributed by atoms with Crippen molar-refractivity contribution < 1.29 is 52.1 Å². The first kappa shape index (κ1) is 53.9. The van der Waals surface area contributed by atoms with E-state index in [1.165, 1.54) is 36.9 Å². The predicted molar refractivity (Wildman–Crippen MR) is 267 cm³/mol. The van der Waals surface area contributed by atoms with E-state index in [0.717, 1.165) is 23.6 Å². The summed E-state index contributed by atoms with van der Waals surface area (Å²) in [6, 6.07) is 27.3. The predicted octanol–water partition coefficient (Wildman–Crippen LogP) is 6.55. The molecule has 4 atom stereocenters. The van der Waals surface area contributed by atoms with E-state index in [9.17, 15) is 43.3 Å². The second-order valence-corrected chi connectivity index (χ2v) is 24.2. The number of hydrogen-bond acceptors (Lipinski definition) is 17. The minimum Gasteiger partial charge on any atom is -0.448 e. The number of fused-ring (bicyclic) bond motifs is 2. The molecule has 2 aromatic heterocycles.